The molecular weight excluding hydrogens is 316 g/mol. The monoisotopic (exact) mass is 346 g/mol. The van der Waals surface area contributed by atoms with Gasteiger partial charge in [-0.2, -0.15) is 0 Å². The smallest absolute Gasteiger partial charge is 0.155 e. The molecule has 0 saturated heterocycles. The Morgan fingerprint density at radius 1 is 1.20 bits per heavy atom. The van der Waals surface area contributed by atoms with Crippen LogP contribution < -0.4 is 0 Å². The molecule has 0 aliphatic heterocycles. The van der Waals surface area contributed by atoms with Crippen molar-refractivity contribution in [3.63, 3.8) is 0 Å². The van der Waals surface area contributed by atoms with Crippen LogP contribution in [-0.4, -0.2) is 34.0 Å². The van der Waals surface area contributed by atoms with Crippen LogP contribution >= 0.6 is 0 Å². The van der Waals surface area contributed by atoms with Crippen molar-refractivity contribution in [1.29, 1.82) is 0 Å². The maximum atomic E-state index is 12.2. The standard InChI is InChI=1S/C21H30O4/c1-11(22)15-9-17(24)19-14-5-4-12-8-13(23)6-7-20(12,2)16(14)10-18(25)21(15,19)3/h8,14-19,24-25H,4-7,9-10H2,1-3H3/t14-,15+,16-,17+,18+,19+,20+,21+/m1/s1. The summed E-state index contributed by atoms with van der Waals surface area (Å²) in [5.74, 6) is 0.654. The van der Waals surface area contributed by atoms with Crippen LogP contribution in [0.15, 0.2) is 11.6 Å². The zero-order valence-electron chi connectivity index (χ0n) is 15.5. The van der Waals surface area contributed by atoms with Crippen molar-refractivity contribution in [3.8, 4) is 0 Å². The second-order valence-corrected chi connectivity index (χ2v) is 9.47. The second-order valence-electron chi connectivity index (χ2n) is 9.47. The van der Waals surface area contributed by atoms with Crippen molar-refractivity contribution < 1.29 is 19.8 Å². The van der Waals surface area contributed by atoms with Gasteiger partial charge in [-0.1, -0.05) is 19.4 Å². The van der Waals surface area contributed by atoms with Gasteiger partial charge in [0.25, 0.3) is 0 Å². The molecule has 138 valence electrons. The molecule has 0 bridgehead atoms. The van der Waals surface area contributed by atoms with Gasteiger partial charge in [0.1, 0.15) is 5.78 Å². The predicted molar refractivity (Wildman–Crippen MR) is 93.7 cm³/mol. The molecule has 0 aromatic heterocycles. The van der Waals surface area contributed by atoms with E-state index in [1.807, 2.05) is 13.0 Å². The van der Waals surface area contributed by atoms with E-state index in [1.165, 1.54) is 5.57 Å². The van der Waals surface area contributed by atoms with Gasteiger partial charge in [-0.3, -0.25) is 9.59 Å². The van der Waals surface area contributed by atoms with E-state index in [0.717, 1.165) is 19.3 Å². The third-order valence-electron chi connectivity index (χ3n) is 8.55. The number of aliphatic hydroxyl groups excluding tert-OH is 2. The lowest BCUT2D eigenvalue weighted by Gasteiger charge is -2.59. The normalized spacial score (nSPS) is 52.0. The number of aliphatic hydroxyl groups is 2. The van der Waals surface area contributed by atoms with Gasteiger partial charge in [-0.05, 0) is 68.3 Å². The first-order valence-corrected chi connectivity index (χ1v) is 9.80. The Balaban J connectivity index is 1.75. The maximum Gasteiger partial charge on any atom is 0.155 e. The summed E-state index contributed by atoms with van der Waals surface area (Å²) in [7, 11) is 0. The van der Waals surface area contributed by atoms with Crippen LogP contribution in [-0.2, 0) is 9.59 Å². The predicted octanol–water partition coefficient (Wildman–Crippen LogP) is 2.67. The number of hydrogen-bond donors (Lipinski definition) is 2. The number of Topliss-reactive ketones (excluding diaryl/α,β-unsaturated/α-hetero) is 1. The van der Waals surface area contributed by atoms with Crippen molar-refractivity contribution in [2.24, 2.45) is 34.5 Å². The van der Waals surface area contributed by atoms with E-state index >= 15 is 0 Å². The van der Waals surface area contributed by atoms with Crippen LogP contribution in [0.1, 0.15) is 59.3 Å². The lowest BCUT2D eigenvalue weighted by Crippen LogP contribution is -2.58. The summed E-state index contributed by atoms with van der Waals surface area (Å²) in [4.78, 5) is 24.1. The van der Waals surface area contributed by atoms with Crippen molar-refractivity contribution in [2.75, 3.05) is 0 Å². The first-order valence-electron chi connectivity index (χ1n) is 9.80. The highest BCUT2D eigenvalue weighted by Gasteiger charge is 2.65. The van der Waals surface area contributed by atoms with E-state index in [9.17, 15) is 19.8 Å². The number of rotatable bonds is 1. The largest absolute Gasteiger partial charge is 0.393 e. The topological polar surface area (TPSA) is 74.6 Å². The van der Waals surface area contributed by atoms with Crippen LogP contribution in [0, 0.1) is 34.5 Å². The number of carbonyl (C=O) groups excluding carboxylic acids is 2. The van der Waals surface area contributed by atoms with Crippen molar-refractivity contribution in [1.82, 2.24) is 0 Å². The van der Waals surface area contributed by atoms with E-state index in [0.29, 0.717) is 25.2 Å². The first-order chi connectivity index (χ1) is 11.7. The number of hydrogen-bond acceptors (Lipinski definition) is 4. The summed E-state index contributed by atoms with van der Waals surface area (Å²) in [6.07, 6.45) is 5.21. The third kappa shape index (κ3) is 2.19. The maximum absolute atomic E-state index is 12.2. The zero-order chi connectivity index (χ0) is 18.1. The molecule has 25 heavy (non-hydrogen) atoms. The Morgan fingerprint density at radius 2 is 1.92 bits per heavy atom. The average Bonchev–Trinajstić information content (AvgIpc) is 2.82. The summed E-state index contributed by atoms with van der Waals surface area (Å²) in [6.45, 7) is 5.87. The van der Waals surface area contributed by atoms with Crippen LogP contribution in [0.5, 0.6) is 0 Å². The summed E-state index contributed by atoms with van der Waals surface area (Å²) in [5, 5.41) is 22.0. The molecule has 0 spiro atoms. The number of fused-ring (bicyclic) bond motifs is 5. The second kappa shape index (κ2) is 5.50. The van der Waals surface area contributed by atoms with Crippen molar-refractivity contribution in [3.05, 3.63) is 11.6 Å². The number of carbonyl (C=O) groups is 2. The molecule has 4 nitrogen and oxygen atoms in total. The average molecular weight is 346 g/mol. The molecule has 0 radical (unpaired) electrons. The van der Waals surface area contributed by atoms with Crippen molar-refractivity contribution in [2.45, 2.75) is 71.5 Å². The molecule has 3 fully saturated rings. The quantitative estimate of drug-likeness (QED) is 0.765. The van der Waals surface area contributed by atoms with Gasteiger partial charge in [0.05, 0.1) is 12.2 Å². The lowest BCUT2D eigenvalue weighted by molar-refractivity contribution is -0.157. The molecule has 8 atom stereocenters. The molecule has 2 N–H and O–H groups in total. The summed E-state index contributed by atoms with van der Waals surface area (Å²) in [6, 6.07) is 0. The Labute approximate surface area is 149 Å². The molecule has 4 heteroatoms. The highest BCUT2D eigenvalue weighted by atomic mass is 16.3. The Morgan fingerprint density at radius 3 is 2.60 bits per heavy atom. The molecular formula is C21H30O4. The molecule has 0 aromatic rings. The SMILES string of the molecule is CC(=O)[C@@H]1C[C@H](O)[C@@H]2[C@@H]3CCC4=CC(=O)CC[C@]4(C)[C@@H]3C[C@H](O)[C@@]21C. The summed E-state index contributed by atoms with van der Waals surface area (Å²) in [5.41, 5.74) is 0.679. The van der Waals surface area contributed by atoms with Crippen LogP contribution in [0.25, 0.3) is 0 Å². The highest BCUT2D eigenvalue weighted by molar-refractivity contribution is 5.91. The fourth-order valence-corrected chi connectivity index (χ4v) is 7.20. The van der Waals surface area contributed by atoms with Crippen LogP contribution in [0.4, 0.5) is 0 Å². The van der Waals surface area contributed by atoms with Gasteiger partial charge in [-0.25, -0.2) is 0 Å². The molecule has 0 aromatic carbocycles. The van der Waals surface area contributed by atoms with E-state index in [2.05, 4.69) is 6.92 Å². The fourth-order valence-electron chi connectivity index (χ4n) is 7.20. The van der Waals surface area contributed by atoms with Gasteiger partial charge in [-0.15, -0.1) is 0 Å². The minimum absolute atomic E-state index is 0.0221. The van der Waals surface area contributed by atoms with E-state index < -0.39 is 17.6 Å². The fraction of sp³-hybridized carbons (Fsp3) is 0.810. The van der Waals surface area contributed by atoms with Crippen LogP contribution in [0.2, 0.25) is 0 Å². The van der Waals surface area contributed by atoms with Crippen LogP contribution in [0.3, 0.4) is 0 Å². The van der Waals surface area contributed by atoms with E-state index in [4.69, 9.17) is 0 Å². The molecule has 0 heterocycles. The molecule has 4 rings (SSSR count). The molecule has 4 aliphatic rings. The number of ketones is 2. The number of allylic oxidation sites excluding steroid dienone is 1. The molecule has 0 unspecified atom stereocenters. The Kier molecular flexibility index (Phi) is 3.83. The van der Waals surface area contributed by atoms with E-state index in [-0.39, 0.29) is 34.7 Å². The summed E-state index contributed by atoms with van der Waals surface area (Å²) < 4.78 is 0. The first kappa shape index (κ1) is 17.4. The highest BCUT2D eigenvalue weighted by Crippen LogP contribution is 2.66. The molecule has 3 saturated carbocycles. The van der Waals surface area contributed by atoms with Gasteiger partial charge in [0, 0.05) is 17.8 Å². The minimum atomic E-state index is -0.571. The molecule has 4 aliphatic carbocycles. The Hall–Kier alpha value is -1.00. The van der Waals surface area contributed by atoms with E-state index in [1.54, 1.807) is 6.92 Å². The lowest BCUT2D eigenvalue weighted by atomic mass is 9.45. The van der Waals surface area contributed by atoms with Gasteiger partial charge < -0.3 is 10.2 Å². The summed E-state index contributed by atoms with van der Waals surface area (Å²) >= 11 is 0. The van der Waals surface area contributed by atoms with Gasteiger partial charge in [0.2, 0.25) is 0 Å². The third-order valence-corrected chi connectivity index (χ3v) is 8.55. The minimum Gasteiger partial charge on any atom is -0.393 e. The van der Waals surface area contributed by atoms with Gasteiger partial charge >= 0.3 is 0 Å². The Bertz CT molecular complexity index is 652. The van der Waals surface area contributed by atoms with Crippen molar-refractivity contribution >= 4 is 11.6 Å². The van der Waals surface area contributed by atoms with Gasteiger partial charge in [0.15, 0.2) is 5.78 Å². The zero-order valence-corrected chi connectivity index (χ0v) is 15.5. The molecule has 0 amide bonds.